The molecule has 35 heavy (non-hydrogen) atoms. The first-order valence-electron chi connectivity index (χ1n) is 11.4. The zero-order chi connectivity index (χ0) is 24.5. The molecule has 5 rings (SSSR count). The van der Waals surface area contributed by atoms with E-state index in [4.69, 9.17) is 4.74 Å². The van der Waals surface area contributed by atoms with Crippen LogP contribution in [-0.2, 0) is 9.53 Å². The molecule has 0 spiro atoms. The van der Waals surface area contributed by atoms with Crippen LogP contribution in [0.2, 0.25) is 0 Å². The van der Waals surface area contributed by atoms with Gasteiger partial charge < -0.3 is 14.7 Å². The first kappa shape index (κ1) is 22.6. The number of amides is 2. The first-order valence-corrected chi connectivity index (χ1v) is 11.4. The minimum atomic E-state index is -1.11. The van der Waals surface area contributed by atoms with E-state index in [1.807, 2.05) is 48.5 Å². The summed E-state index contributed by atoms with van der Waals surface area (Å²) >= 11 is 0. The van der Waals surface area contributed by atoms with Crippen LogP contribution >= 0.6 is 0 Å². The Morgan fingerprint density at radius 1 is 1.00 bits per heavy atom. The minimum absolute atomic E-state index is 0.104. The summed E-state index contributed by atoms with van der Waals surface area (Å²) in [7, 11) is 0. The van der Waals surface area contributed by atoms with Crippen molar-refractivity contribution in [3.8, 4) is 11.1 Å². The fourth-order valence-corrected chi connectivity index (χ4v) is 4.94. The Kier molecular flexibility index (Phi) is 5.94. The van der Waals surface area contributed by atoms with Crippen LogP contribution in [0.15, 0.2) is 66.7 Å². The van der Waals surface area contributed by atoms with Crippen LogP contribution in [0.1, 0.15) is 40.2 Å². The van der Waals surface area contributed by atoms with E-state index in [1.54, 1.807) is 0 Å². The molecule has 0 saturated carbocycles. The minimum Gasteiger partial charge on any atom is -0.480 e. The number of nitrogens with zero attached hydrogens (tertiary/aromatic N) is 1. The number of benzene rings is 3. The third kappa shape index (κ3) is 4.23. The third-order valence-corrected chi connectivity index (χ3v) is 6.59. The van der Waals surface area contributed by atoms with Gasteiger partial charge in [-0.3, -0.25) is 10.1 Å². The highest BCUT2D eigenvalue weighted by Crippen LogP contribution is 2.44. The van der Waals surface area contributed by atoms with Crippen LogP contribution in [0.3, 0.4) is 0 Å². The number of anilines is 1. The number of likely N-dealkylation sites (tertiary alicyclic amines) is 1. The van der Waals surface area contributed by atoms with Crippen molar-refractivity contribution < 1.29 is 28.6 Å². The summed E-state index contributed by atoms with van der Waals surface area (Å²) in [5.41, 5.74) is 4.28. The van der Waals surface area contributed by atoms with Gasteiger partial charge in [0.2, 0.25) is 0 Å². The van der Waals surface area contributed by atoms with E-state index in [0.717, 1.165) is 28.3 Å². The van der Waals surface area contributed by atoms with Crippen LogP contribution in [0.4, 0.5) is 14.9 Å². The Morgan fingerprint density at radius 3 is 2.29 bits per heavy atom. The van der Waals surface area contributed by atoms with Gasteiger partial charge in [0.05, 0.1) is 5.56 Å². The van der Waals surface area contributed by atoms with Gasteiger partial charge in [0.1, 0.15) is 18.5 Å². The summed E-state index contributed by atoms with van der Waals surface area (Å²) in [6, 6.07) is 18.7. The molecular weight excluding hydrogens is 451 g/mol. The van der Waals surface area contributed by atoms with E-state index >= 15 is 0 Å². The maximum Gasteiger partial charge on any atom is 0.411 e. The van der Waals surface area contributed by atoms with Crippen molar-refractivity contribution in [1.29, 1.82) is 0 Å². The summed E-state index contributed by atoms with van der Waals surface area (Å²) < 4.78 is 20.2. The Labute approximate surface area is 201 Å². The molecule has 1 atom stereocenters. The van der Waals surface area contributed by atoms with Crippen molar-refractivity contribution in [3.05, 3.63) is 89.2 Å². The summed E-state index contributed by atoms with van der Waals surface area (Å²) in [4.78, 5) is 37.6. The van der Waals surface area contributed by atoms with E-state index in [0.29, 0.717) is 12.8 Å². The fourth-order valence-electron chi connectivity index (χ4n) is 4.94. The third-order valence-electron chi connectivity index (χ3n) is 6.59. The van der Waals surface area contributed by atoms with Crippen molar-refractivity contribution in [3.63, 3.8) is 0 Å². The molecule has 1 aliphatic carbocycles. The molecule has 0 bridgehead atoms. The summed E-state index contributed by atoms with van der Waals surface area (Å²) in [6.45, 7) is 0.374. The number of nitrogens with one attached hydrogen (secondary N) is 1. The number of halogens is 1. The highest BCUT2D eigenvalue weighted by atomic mass is 19.1. The summed E-state index contributed by atoms with van der Waals surface area (Å²) in [5, 5.41) is 11.8. The van der Waals surface area contributed by atoms with Gasteiger partial charge in [-0.25, -0.2) is 14.0 Å². The Balaban J connectivity index is 1.25. The number of hydrogen-bond donors (Lipinski definition) is 2. The lowest BCUT2D eigenvalue weighted by atomic mass is 9.98. The topological polar surface area (TPSA) is 95.9 Å². The number of ether oxygens (including phenoxy) is 1. The lowest BCUT2D eigenvalue weighted by Crippen LogP contribution is -2.40. The van der Waals surface area contributed by atoms with Crippen LogP contribution in [0.5, 0.6) is 0 Å². The van der Waals surface area contributed by atoms with Crippen molar-refractivity contribution in [1.82, 2.24) is 4.90 Å². The molecule has 1 saturated heterocycles. The average molecular weight is 474 g/mol. The number of aliphatic carboxylic acids is 1. The number of carbonyl (C=O) groups excluding carboxylic acids is 2. The zero-order valence-corrected chi connectivity index (χ0v) is 18.7. The molecule has 178 valence electrons. The van der Waals surface area contributed by atoms with Crippen molar-refractivity contribution in [2.45, 2.75) is 24.8 Å². The zero-order valence-electron chi connectivity index (χ0n) is 18.7. The number of rotatable bonds is 5. The van der Waals surface area contributed by atoms with Gasteiger partial charge in [-0.15, -0.1) is 0 Å². The molecule has 0 radical (unpaired) electrons. The lowest BCUT2D eigenvalue weighted by Gasteiger charge is -2.21. The fraction of sp³-hybridized carbons (Fsp3) is 0.222. The largest absolute Gasteiger partial charge is 0.480 e. The molecule has 1 fully saturated rings. The molecule has 3 aromatic carbocycles. The van der Waals surface area contributed by atoms with E-state index in [1.165, 1.54) is 17.0 Å². The molecule has 3 aromatic rings. The van der Waals surface area contributed by atoms with Crippen molar-refractivity contribution in [2.75, 3.05) is 18.5 Å². The molecule has 0 aromatic heterocycles. The molecule has 1 heterocycles. The van der Waals surface area contributed by atoms with Gasteiger partial charge in [0, 0.05) is 18.2 Å². The number of hydrogen-bond acceptors (Lipinski definition) is 4. The molecule has 8 heteroatoms. The van der Waals surface area contributed by atoms with Gasteiger partial charge in [0.15, 0.2) is 0 Å². The van der Waals surface area contributed by atoms with E-state index in [9.17, 15) is 23.9 Å². The van der Waals surface area contributed by atoms with Crippen LogP contribution < -0.4 is 5.32 Å². The normalized spacial score (nSPS) is 16.5. The van der Waals surface area contributed by atoms with E-state index in [-0.39, 0.29) is 30.3 Å². The lowest BCUT2D eigenvalue weighted by molar-refractivity contribution is -0.141. The van der Waals surface area contributed by atoms with Crippen LogP contribution in [0.25, 0.3) is 11.1 Å². The van der Waals surface area contributed by atoms with Gasteiger partial charge in [-0.05, 0) is 53.3 Å². The monoisotopic (exact) mass is 474 g/mol. The molecule has 2 N–H and O–H groups in total. The predicted octanol–water partition coefficient (Wildman–Crippen LogP) is 4.88. The van der Waals surface area contributed by atoms with Gasteiger partial charge in [0.25, 0.3) is 5.91 Å². The van der Waals surface area contributed by atoms with Crippen molar-refractivity contribution in [2.24, 2.45) is 0 Å². The Morgan fingerprint density at radius 2 is 1.66 bits per heavy atom. The second-order valence-electron chi connectivity index (χ2n) is 8.64. The van der Waals surface area contributed by atoms with Gasteiger partial charge in [-0.2, -0.15) is 0 Å². The van der Waals surface area contributed by atoms with Crippen molar-refractivity contribution >= 4 is 23.7 Å². The molecule has 1 aliphatic heterocycles. The molecule has 2 amide bonds. The average Bonchev–Trinajstić information content (AvgIpc) is 3.46. The molecular formula is C27H23FN2O5. The van der Waals surface area contributed by atoms with Gasteiger partial charge in [-0.1, -0.05) is 48.5 Å². The molecule has 7 nitrogen and oxygen atoms in total. The second-order valence-corrected chi connectivity index (χ2v) is 8.64. The van der Waals surface area contributed by atoms with Crippen LogP contribution in [0, 0.1) is 5.82 Å². The number of carboxylic acids is 1. The summed E-state index contributed by atoms with van der Waals surface area (Å²) in [5.74, 6) is -2.74. The highest BCUT2D eigenvalue weighted by Gasteiger charge is 2.35. The maximum atomic E-state index is 14.7. The number of fused-ring (bicyclic) bond motifs is 3. The molecule has 1 unspecified atom stereocenters. The Hall–Kier alpha value is -4.20. The van der Waals surface area contributed by atoms with E-state index in [2.05, 4.69) is 5.32 Å². The smallest absolute Gasteiger partial charge is 0.411 e. The summed E-state index contributed by atoms with van der Waals surface area (Å²) in [6.07, 6.45) is 0.145. The number of carbonyl (C=O) groups is 3. The van der Waals surface area contributed by atoms with Crippen LogP contribution in [-0.4, -0.2) is 47.2 Å². The highest BCUT2D eigenvalue weighted by molar-refractivity contribution is 5.98. The SMILES string of the molecule is O=C(Nc1ccc(C(=O)N2CCCC2C(=O)O)c(F)c1)OCC1c2ccccc2-c2ccccc21. The maximum absolute atomic E-state index is 14.7. The molecule has 2 aliphatic rings. The second kappa shape index (κ2) is 9.21. The standard InChI is InChI=1S/C27H23FN2O5/c28-23-14-16(11-12-21(23)25(31)30-13-5-10-24(30)26(32)33)29-27(34)35-15-22-19-8-3-1-6-17(19)18-7-2-4-9-20(18)22/h1-4,6-9,11-12,14,22,24H,5,10,13,15H2,(H,29,34)(H,32,33). The van der Waals surface area contributed by atoms with E-state index < -0.39 is 29.8 Å². The quantitative estimate of drug-likeness (QED) is 0.550. The first-order chi connectivity index (χ1) is 16.9. The predicted molar refractivity (Wildman–Crippen MR) is 127 cm³/mol. The van der Waals surface area contributed by atoms with Gasteiger partial charge >= 0.3 is 12.1 Å². The number of carboxylic acid groups (broad SMARTS) is 1. The Bertz CT molecular complexity index is 1280.